The number of carbonyl (C=O) groups excluding carboxylic acids is 3. The predicted molar refractivity (Wildman–Crippen MR) is 139 cm³/mol. The van der Waals surface area contributed by atoms with Gasteiger partial charge < -0.3 is 20.3 Å². The molecule has 1 unspecified atom stereocenters. The van der Waals surface area contributed by atoms with Crippen LogP contribution in [0.2, 0.25) is 0 Å². The third kappa shape index (κ3) is 10.2. The van der Waals surface area contributed by atoms with Crippen molar-refractivity contribution in [3.8, 4) is 0 Å². The van der Waals surface area contributed by atoms with E-state index < -0.39 is 11.6 Å². The minimum absolute atomic E-state index is 0.108. The molecule has 0 aromatic rings. The van der Waals surface area contributed by atoms with Crippen LogP contribution in [0.5, 0.6) is 0 Å². The van der Waals surface area contributed by atoms with Crippen LogP contribution in [-0.2, 0) is 19.1 Å². The number of ether oxygens (including phenoxy) is 1. The van der Waals surface area contributed by atoms with Crippen LogP contribution in [0.4, 0.5) is 0 Å². The fourth-order valence-corrected chi connectivity index (χ4v) is 4.27. The molecule has 0 bridgehead atoms. The second-order valence-corrected chi connectivity index (χ2v) is 9.62. The first-order chi connectivity index (χ1) is 16.0. The molecule has 1 aliphatic rings. The van der Waals surface area contributed by atoms with Gasteiger partial charge in [0.1, 0.15) is 6.04 Å². The van der Waals surface area contributed by atoms with E-state index in [4.69, 9.17) is 4.74 Å². The minimum atomic E-state index is -0.690. The Morgan fingerprint density at radius 1 is 1.06 bits per heavy atom. The Morgan fingerprint density at radius 2 is 1.59 bits per heavy atom. The molecule has 34 heavy (non-hydrogen) atoms. The van der Waals surface area contributed by atoms with Crippen molar-refractivity contribution in [2.75, 3.05) is 20.2 Å². The van der Waals surface area contributed by atoms with Crippen molar-refractivity contribution in [3.63, 3.8) is 0 Å². The standard InChI is InChI=1S/C24H43N3O4.C3H8/c1-8-24(9-2,26-17(4)5)23(30)25-20(19-13-11-12-14-19)21(28)27(7)16-15-18(6)22(29)31-10-3;1-3-2/h15,17,19-20,26H,8-14,16H2,1-7H3,(H,25,30);3H2,1-2H3/b18-15+;. The summed E-state index contributed by atoms with van der Waals surface area (Å²) in [5, 5.41) is 6.54. The van der Waals surface area contributed by atoms with E-state index in [1.807, 2.05) is 27.7 Å². The first-order valence-corrected chi connectivity index (χ1v) is 13.2. The van der Waals surface area contributed by atoms with E-state index in [1.165, 1.54) is 6.42 Å². The molecule has 1 saturated carbocycles. The SMILES string of the molecule is CCC.CCOC(=O)/C(C)=C/CN(C)C(=O)C(NC(=O)C(CC)(CC)NC(C)C)C1CCCC1. The summed E-state index contributed by atoms with van der Waals surface area (Å²) in [6, 6.07) is -0.396. The van der Waals surface area contributed by atoms with Crippen molar-refractivity contribution in [1.29, 1.82) is 0 Å². The van der Waals surface area contributed by atoms with Gasteiger partial charge >= 0.3 is 5.97 Å². The summed E-state index contributed by atoms with van der Waals surface area (Å²) in [4.78, 5) is 40.1. The third-order valence-corrected chi connectivity index (χ3v) is 6.28. The summed E-state index contributed by atoms with van der Waals surface area (Å²) < 4.78 is 5.00. The Morgan fingerprint density at radius 3 is 2.03 bits per heavy atom. The molecule has 1 atom stereocenters. The lowest BCUT2D eigenvalue weighted by Gasteiger charge is -2.36. The maximum atomic E-state index is 13.4. The van der Waals surface area contributed by atoms with E-state index >= 15 is 0 Å². The van der Waals surface area contributed by atoms with Gasteiger partial charge in [0.2, 0.25) is 11.8 Å². The topological polar surface area (TPSA) is 87.7 Å². The molecular weight excluding hydrogens is 430 g/mol. The Hall–Kier alpha value is -1.89. The second kappa shape index (κ2) is 16.7. The summed E-state index contributed by atoms with van der Waals surface area (Å²) in [5.41, 5.74) is -0.218. The van der Waals surface area contributed by atoms with Crippen molar-refractivity contribution < 1.29 is 19.1 Å². The van der Waals surface area contributed by atoms with Gasteiger partial charge in [0.25, 0.3) is 0 Å². The van der Waals surface area contributed by atoms with E-state index in [0.29, 0.717) is 31.6 Å². The number of esters is 1. The molecule has 1 rings (SSSR count). The quantitative estimate of drug-likeness (QED) is 0.314. The lowest BCUT2D eigenvalue weighted by Crippen LogP contribution is -2.62. The number of nitrogens with zero attached hydrogens (tertiary/aromatic N) is 1. The zero-order valence-electron chi connectivity index (χ0n) is 23.3. The highest BCUT2D eigenvalue weighted by atomic mass is 16.5. The second-order valence-electron chi connectivity index (χ2n) is 9.62. The largest absolute Gasteiger partial charge is 0.463 e. The number of hydrogen-bond acceptors (Lipinski definition) is 5. The first kappa shape index (κ1) is 32.1. The summed E-state index contributed by atoms with van der Waals surface area (Å²) in [6.45, 7) is 16.4. The van der Waals surface area contributed by atoms with Gasteiger partial charge in [0.05, 0.1) is 12.1 Å². The van der Waals surface area contributed by atoms with Crippen LogP contribution < -0.4 is 10.6 Å². The fourth-order valence-electron chi connectivity index (χ4n) is 4.27. The van der Waals surface area contributed by atoms with Crippen LogP contribution in [0.25, 0.3) is 0 Å². The van der Waals surface area contributed by atoms with Gasteiger partial charge in [0.15, 0.2) is 0 Å². The van der Waals surface area contributed by atoms with Crippen LogP contribution >= 0.6 is 0 Å². The highest BCUT2D eigenvalue weighted by molar-refractivity contribution is 5.92. The van der Waals surface area contributed by atoms with Gasteiger partial charge in [-0.15, -0.1) is 0 Å². The minimum Gasteiger partial charge on any atom is -0.463 e. The smallest absolute Gasteiger partial charge is 0.333 e. The molecule has 7 nitrogen and oxygen atoms in total. The van der Waals surface area contributed by atoms with E-state index in [9.17, 15) is 14.4 Å². The fraction of sp³-hybridized carbons (Fsp3) is 0.815. The molecule has 7 heteroatoms. The highest BCUT2D eigenvalue weighted by Gasteiger charge is 2.40. The van der Waals surface area contributed by atoms with Crippen LogP contribution in [0.1, 0.15) is 100 Å². The van der Waals surface area contributed by atoms with E-state index in [1.54, 1.807) is 31.9 Å². The first-order valence-electron chi connectivity index (χ1n) is 13.2. The Balaban J connectivity index is 0.00000343. The molecule has 0 aromatic heterocycles. The maximum Gasteiger partial charge on any atom is 0.333 e. The van der Waals surface area contributed by atoms with E-state index in [2.05, 4.69) is 24.5 Å². The molecule has 0 saturated heterocycles. The molecule has 0 radical (unpaired) electrons. The van der Waals surface area contributed by atoms with Crippen LogP contribution in [0, 0.1) is 5.92 Å². The average Bonchev–Trinajstić information content (AvgIpc) is 3.33. The number of amides is 2. The number of hydrogen-bond donors (Lipinski definition) is 2. The molecule has 1 fully saturated rings. The van der Waals surface area contributed by atoms with Crippen molar-refractivity contribution >= 4 is 17.8 Å². The molecule has 198 valence electrons. The molecular formula is C27H51N3O4. The van der Waals surface area contributed by atoms with Gasteiger partial charge in [-0.25, -0.2) is 4.79 Å². The van der Waals surface area contributed by atoms with Crippen LogP contribution in [0.3, 0.4) is 0 Å². The maximum absolute atomic E-state index is 13.4. The number of likely N-dealkylation sites (N-methyl/N-ethyl adjacent to an activating group) is 1. The summed E-state index contributed by atoms with van der Waals surface area (Å²) in [6.07, 6.45) is 8.27. The number of carbonyl (C=O) groups is 3. The average molecular weight is 482 g/mol. The van der Waals surface area contributed by atoms with Crippen molar-refractivity contribution in [2.24, 2.45) is 5.92 Å². The summed E-state index contributed by atoms with van der Waals surface area (Å²) in [7, 11) is 1.71. The number of nitrogens with one attached hydrogen (secondary N) is 2. The van der Waals surface area contributed by atoms with Gasteiger partial charge in [-0.05, 0) is 59.3 Å². The lowest BCUT2D eigenvalue weighted by atomic mass is 9.88. The number of rotatable bonds is 12. The Bertz CT molecular complexity index is 650. The van der Waals surface area contributed by atoms with Crippen molar-refractivity contribution in [1.82, 2.24) is 15.5 Å². The predicted octanol–water partition coefficient (Wildman–Crippen LogP) is 4.60. The molecule has 2 N–H and O–H groups in total. The molecule has 2 amide bonds. The Kier molecular flexibility index (Phi) is 15.8. The van der Waals surface area contributed by atoms with Crippen molar-refractivity contribution in [2.45, 2.75) is 118 Å². The summed E-state index contributed by atoms with van der Waals surface area (Å²) in [5.74, 6) is -0.458. The normalized spacial score (nSPS) is 15.4. The van der Waals surface area contributed by atoms with E-state index in [-0.39, 0.29) is 29.7 Å². The zero-order valence-corrected chi connectivity index (χ0v) is 23.3. The van der Waals surface area contributed by atoms with Gasteiger partial charge in [-0.1, -0.05) is 53.0 Å². The molecule has 0 heterocycles. The van der Waals surface area contributed by atoms with Crippen LogP contribution in [-0.4, -0.2) is 60.5 Å². The third-order valence-electron chi connectivity index (χ3n) is 6.28. The monoisotopic (exact) mass is 481 g/mol. The summed E-state index contributed by atoms with van der Waals surface area (Å²) >= 11 is 0. The van der Waals surface area contributed by atoms with Gasteiger partial charge in [-0.3, -0.25) is 9.59 Å². The Labute approximate surface area is 208 Å². The zero-order chi connectivity index (χ0) is 26.3. The highest BCUT2D eigenvalue weighted by Crippen LogP contribution is 2.29. The molecule has 1 aliphatic carbocycles. The molecule has 0 aromatic carbocycles. The van der Waals surface area contributed by atoms with Gasteiger partial charge in [-0.2, -0.15) is 0 Å². The lowest BCUT2D eigenvalue weighted by molar-refractivity contribution is -0.139. The molecule has 0 aliphatic heterocycles. The van der Waals surface area contributed by atoms with E-state index in [0.717, 1.165) is 25.7 Å². The molecule has 0 spiro atoms. The van der Waals surface area contributed by atoms with Gasteiger partial charge in [0, 0.05) is 25.2 Å². The van der Waals surface area contributed by atoms with Crippen LogP contribution in [0.15, 0.2) is 11.6 Å². The van der Waals surface area contributed by atoms with Crippen molar-refractivity contribution in [3.05, 3.63) is 11.6 Å².